The van der Waals surface area contributed by atoms with E-state index in [0.29, 0.717) is 16.1 Å². The molecule has 6 heteroatoms. The number of amides is 1. The number of hydrogen-bond donors (Lipinski definition) is 2. The van der Waals surface area contributed by atoms with Crippen LogP contribution in [0.5, 0.6) is 5.75 Å². The highest BCUT2D eigenvalue weighted by atomic mass is 35.5. The summed E-state index contributed by atoms with van der Waals surface area (Å²) in [4.78, 5) is 14.7. The van der Waals surface area contributed by atoms with E-state index in [1.807, 2.05) is 49.2 Å². The largest absolute Gasteiger partial charge is 0.505 e. The zero-order valence-electron chi connectivity index (χ0n) is 15.5. The minimum absolute atomic E-state index is 0.143. The van der Waals surface area contributed by atoms with Crippen LogP contribution >= 0.6 is 11.6 Å². The summed E-state index contributed by atoms with van der Waals surface area (Å²) < 4.78 is 13.5. The number of rotatable bonds is 5. The maximum Gasteiger partial charge on any atom is 0.253 e. The third-order valence-electron chi connectivity index (χ3n) is 4.58. The van der Waals surface area contributed by atoms with E-state index in [1.54, 1.807) is 18.2 Å². The Morgan fingerprint density at radius 2 is 1.82 bits per heavy atom. The normalized spacial score (nSPS) is 10.6. The minimum atomic E-state index is -0.719. The van der Waals surface area contributed by atoms with Gasteiger partial charge in [-0.25, -0.2) is 4.39 Å². The summed E-state index contributed by atoms with van der Waals surface area (Å²) in [5.41, 5.74) is 3.58. The smallest absolute Gasteiger partial charge is 0.253 e. The van der Waals surface area contributed by atoms with Crippen molar-refractivity contribution in [2.24, 2.45) is 0 Å². The average molecular weight is 399 g/mol. The maximum atomic E-state index is 13.5. The number of carbonyl (C=O) groups excluding carboxylic acids is 1. The van der Waals surface area contributed by atoms with Crippen LogP contribution in [0.1, 0.15) is 21.5 Å². The molecule has 3 aromatic carbocycles. The highest BCUT2D eigenvalue weighted by Gasteiger charge is 2.17. The molecule has 2 N–H and O–H groups in total. The van der Waals surface area contributed by atoms with Gasteiger partial charge in [-0.15, -0.1) is 0 Å². The number of phenols is 1. The molecule has 0 fully saturated rings. The van der Waals surface area contributed by atoms with E-state index in [0.717, 1.165) is 16.9 Å². The summed E-state index contributed by atoms with van der Waals surface area (Å²) in [6.07, 6.45) is 0. The molecule has 0 saturated carbocycles. The summed E-state index contributed by atoms with van der Waals surface area (Å²) >= 11 is 6.23. The van der Waals surface area contributed by atoms with E-state index >= 15 is 0 Å². The van der Waals surface area contributed by atoms with Gasteiger partial charge in [0.2, 0.25) is 0 Å². The summed E-state index contributed by atoms with van der Waals surface area (Å²) in [6.45, 7) is 2.07. The molecular weight excluding hydrogens is 379 g/mol. The molecule has 0 aliphatic rings. The van der Waals surface area contributed by atoms with Gasteiger partial charge < -0.3 is 15.3 Å². The number of para-hydroxylation sites is 1. The van der Waals surface area contributed by atoms with Gasteiger partial charge in [-0.1, -0.05) is 35.9 Å². The molecular formula is C22H20ClFN2O2. The van der Waals surface area contributed by atoms with Gasteiger partial charge >= 0.3 is 0 Å². The van der Waals surface area contributed by atoms with Gasteiger partial charge in [-0.05, 0) is 54.4 Å². The highest BCUT2D eigenvalue weighted by molar-refractivity contribution is 6.31. The fourth-order valence-corrected chi connectivity index (χ4v) is 3.15. The second-order valence-corrected chi connectivity index (χ2v) is 6.84. The lowest BCUT2D eigenvalue weighted by molar-refractivity contribution is 0.0951. The van der Waals surface area contributed by atoms with Crippen molar-refractivity contribution in [3.8, 4) is 5.75 Å². The zero-order valence-corrected chi connectivity index (χ0v) is 16.3. The summed E-state index contributed by atoms with van der Waals surface area (Å²) in [5.74, 6) is -1.42. The third kappa shape index (κ3) is 4.10. The van der Waals surface area contributed by atoms with Crippen molar-refractivity contribution in [1.82, 2.24) is 5.32 Å². The van der Waals surface area contributed by atoms with Crippen LogP contribution < -0.4 is 10.2 Å². The van der Waals surface area contributed by atoms with Gasteiger partial charge in [0.15, 0.2) is 11.6 Å². The first-order valence-electron chi connectivity index (χ1n) is 8.72. The Labute approximate surface area is 168 Å². The number of aromatic hydroxyl groups is 1. The van der Waals surface area contributed by atoms with Crippen LogP contribution in [0.3, 0.4) is 0 Å². The van der Waals surface area contributed by atoms with E-state index < -0.39 is 11.6 Å². The molecule has 4 nitrogen and oxygen atoms in total. The van der Waals surface area contributed by atoms with Crippen LogP contribution in [0, 0.1) is 12.7 Å². The molecule has 144 valence electrons. The molecule has 0 atom stereocenters. The molecule has 0 saturated heterocycles. The Kier molecular flexibility index (Phi) is 5.85. The molecule has 3 rings (SSSR count). The molecule has 28 heavy (non-hydrogen) atoms. The van der Waals surface area contributed by atoms with Gasteiger partial charge in [0.25, 0.3) is 5.91 Å². The van der Waals surface area contributed by atoms with E-state index in [4.69, 9.17) is 11.6 Å². The molecule has 0 aromatic heterocycles. The Bertz CT molecular complexity index is 1020. The van der Waals surface area contributed by atoms with Crippen molar-refractivity contribution < 1.29 is 14.3 Å². The van der Waals surface area contributed by atoms with Crippen molar-refractivity contribution in [3.63, 3.8) is 0 Å². The van der Waals surface area contributed by atoms with Crippen molar-refractivity contribution in [1.29, 1.82) is 0 Å². The molecule has 0 aliphatic carbocycles. The number of anilines is 2. The van der Waals surface area contributed by atoms with Crippen molar-refractivity contribution in [2.45, 2.75) is 13.5 Å². The first-order chi connectivity index (χ1) is 13.4. The molecule has 0 bridgehead atoms. The average Bonchev–Trinajstić information content (AvgIpc) is 2.70. The van der Waals surface area contributed by atoms with E-state index in [1.165, 1.54) is 12.1 Å². The van der Waals surface area contributed by atoms with E-state index in [-0.39, 0.29) is 12.5 Å². The van der Waals surface area contributed by atoms with Gasteiger partial charge in [0, 0.05) is 24.3 Å². The monoisotopic (exact) mass is 398 g/mol. The number of carbonyl (C=O) groups is 1. The standard InChI is InChI=1S/C22H20ClFN2O2/c1-14-17(23)7-5-9-19(14)26(2)20-8-4-3-6-16(20)22(28)25-13-15-10-11-21(27)18(24)12-15/h3-12,27H,13H2,1-2H3,(H,25,28). The van der Waals surface area contributed by atoms with Crippen LogP contribution in [-0.4, -0.2) is 18.1 Å². The lowest BCUT2D eigenvalue weighted by Gasteiger charge is -2.24. The number of hydrogen-bond acceptors (Lipinski definition) is 3. The van der Waals surface area contributed by atoms with Crippen molar-refractivity contribution in [2.75, 3.05) is 11.9 Å². The summed E-state index contributed by atoms with van der Waals surface area (Å²) in [6, 6.07) is 16.9. The molecule has 0 unspecified atom stereocenters. The quantitative estimate of drug-likeness (QED) is 0.621. The molecule has 3 aromatic rings. The Morgan fingerprint density at radius 3 is 2.57 bits per heavy atom. The van der Waals surface area contributed by atoms with Crippen LogP contribution in [0.2, 0.25) is 5.02 Å². The fourth-order valence-electron chi connectivity index (χ4n) is 2.99. The molecule has 1 amide bonds. The fraction of sp³-hybridized carbons (Fsp3) is 0.136. The van der Waals surface area contributed by atoms with Gasteiger partial charge in [-0.3, -0.25) is 4.79 Å². The number of nitrogens with one attached hydrogen (secondary N) is 1. The summed E-state index contributed by atoms with van der Waals surface area (Å²) in [7, 11) is 1.88. The maximum absolute atomic E-state index is 13.5. The molecule has 0 heterocycles. The minimum Gasteiger partial charge on any atom is -0.505 e. The Hall–Kier alpha value is -3.05. The van der Waals surface area contributed by atoms with Crippen LogP contribution in [0.25, 0.3) is 0 Å². The number of halogens is 2. The number of phenolic OH excluding ortho intramolecular Hbond substituents is 1. The van der Waals surface area contributed by atoms with Gasteiger partial charge in [0.1, 0.15) is 0 Å². The van der Waals surface area contributed by atoms with Crippen LogP contribution in [0.4, 0.5) is 15.8 Å². The Morgan fingerprint density at radius 1 is 1.11 bits per heavy atom. The van der Waals surface area contributed by atoms with Gasteiger partial charge in [0.05, 0.1) is 11.3 Å². The third-order valence-corrected chi connectivity index (χ3v) is 4.99. The van der Waals surface area contributed by atoms with Gasteiger partial charge in [-0.2, -0.15) is 0 Å². The van der Waals surface area contributed by atoms with Crippen molar-refractivity contribution >= 4 is 28.9 Å². The highest BCUT2D eigenvalue weighted by Crippen LogP contribution is 2.32. The lowest BCUT2D eigenvalue weighted by atomic mass is 10.1. The first kappa shape index (κ1) is 19.7. The van der Waals surface area contributed by atoms with Crippen LogP contribution in [-0.2, 0) is 6.54 Å². The Balaban J connectivity index is 1.83. The predicted molar refractivity (Wildman–Crippen MR) is 110 cm³/mol. The molecule has 0 radical (unpaired) electrons. The van der Waals surface area contributed by atoms with E-state index in [2.05, 4.69) is 5.32 Å². The second kappa shape index (κ2) is 8.31. The lowest BCUT2D eigenvalue weighted by Crippen LogP contribution is -2.25. The SMILES string of the molecule is Cc1c(Cl)cccc1N(C)c1ccccc1C(=O)NCc1ccc(O)c(F)c1. The first-order valence-corrected chi connectivity index (χ1v) is 9.09. The van der Waals surface area contributed by atoms with E-state index in [9.17, 15) is 14.3 Å². The summed E-state index contributed by atoms with van der Waals surface area (Å²) in [5, 5.41) is 12.7. The number of nitrogens with zero attached hydrogens (tertiary/aromatic N) is 1. The predicted octanol–water partition coefficient (Wildman–Crippen LogP) is 5.19. The van der Waals surface area contributed by atoms with Crippen molar-refractivity contribution in [3.05, 3.63) is 88.2 Å². The molecule has 0 spiro atoms. The second-order valence-electron chi connectivity index (χ2n) is 6.43. The molecule has 0 aliphatic heterocycles. The zero-order chi connectivity index (χ0) is 20.3. The topological polar surface area (TPSA) is 52.6 Å². The number of benzene rings is 3. The van der Waals surface area contributed by atoms with Crippen LogP contribution in [0.15, 0.2) is 60.7 Å².